The van der Waals surface area contributed by atoms with Crippen molar-refractivity contribution in [3.8, 4) is 0 Å². The van der Waals surface area contributed by atoms with Crippen molar-refractivity contribution >= 4 is 71.9 Å². The zero-order valence-electron chi connectivity index (χ0n) is 31.0. The first-order chi connectivity index (χ1) is 27.8. The van der Waals surface area contributed by atoms with E-state index in [4.69, 9.17) is 0 Å². The number of benzene rings is 7. The molecule has 8 aromatic rings. The summed E-state index contributed by atoms with van der Waals surface area (Å²) in [4.78, 5) is 2.52. The summed E-state index contributed by atoms with van der Waals surface area (Å²) in [6, 6.07) is 53.8. The molecule has 4 aliphatic rings. The molecule has 0 fully saturated rings. The Morgan fingerprint density at radius 1 is 0.589 bits per heavy atom. The monoisotopic (exact) mass is 720 g/mol. The highest BCUT2D eigenvalue weighted by Gasteiger charge is 2.36. The zero-order chi connectivity index (χ0) is 36.7. The van der Waals surface area contributed by atoms with Gasteiger partial charge in [-0.2, -0.15) is 0 Å². The number of rotatable bonds is 4. The molecule has 2 aliphatic carbocycles. The first-order valence-corrected chi connectivity index (χ1v) is 20.0. The lowest BCUT2D eigenvalue weighted by molar-refractivity contribution is 0.396. The van der Waals surface area contributed by atoms with Crippen LogP contribution in [-0.4, -0.2) is 16.8 Å². The molecule has 2 aliphatic heterocycles. The second-order valence-electron chi connectivity index (χ2n) is 15.6. The molecule has 0 spiro atoms. The molecule has 1 aromatic heterocycles. The number of para-hydroxylation sites is 3. The molecule has 3 atom stereocenters. The van der Waals surface area contributed by atoms with Crippen LogP contribution >= 0.6 is 0 Å². The predicted molar refractivity (Wildman–Crippen MR) is 235 cm³/mol. The quantitative estimate of drug-likeness (QED) is 0.178. The van der Waals surface area contributed by atoms with E-state index in [1.807, 2.05) is 0 Å². The Balaban J connectivity index is 0.905. The molecule has 268 valence electrons. The number of nitrogens with one attached hydrogen (secondary N) is 2. The van der Waals surface area contributed by atoms with Crippen molar-refractivity contribution in [1.82, 2.24) is 15.2 Å². The van der Waals surface area contributed by atoms with E-state index in [1.54, 1.807) is 0 Å². The third kappa shape index (κ3) is 4.76. The second-order valence-corrected chi connectivity index (χ2v) is 15.6. The molecule has 0 amide bonds. The van der Waals surface area contributed by atoms with E-state index in [-0.39, 0.29) is 12.3 Å². The lowest BCUT2D eigenvalue weighted by Gasteiger charge is -2.33. The van der Waals surface area contributed by atoms with Crippen molar-refractivity contribution in [3.05, 3.63) is 198 Å². The van der Waals surface area contributed by atoms with E-state index in [2.05, 4.69) is 196 Å². The number of hydrogen-bond acceptors (Lipinski definition) is 3. The van der Waals surface area contributed by atoms with Gasteiger partial charge in [-0.15, -0.1) is 0 Å². The molecule has 0 saturated carbocycles. The first-order valence-electron chi connectivity index (χ1n) is 20.0. The Labute approximate surface area is 326 Å². The van der Waals surface area contributed by atoms with E-state index in [0.29, 0.717) is 6.04 Å². The molecule has 7 aromatic carbocycles. The van der Waals surface area contributed by atoms with Crippen LogP contribution in [0.2, 0.25) is 0 Å². The van der Waals surface area contributed by atoms with Gasteiger partial charge >= 0.3 is 0 Å². The topological polar surface area (TPSA) is 32.2 Å². The van der Waals surface area contributed by atoms with Crippen molar-refractivity contribution in [2.45, 2.75) is 37.6 Å². The first kappa shape index (κ1) is 31.7. The van der Waals surface area contributed by atoms with E-state index in [1.165, 1.54) is 93.7 Å². The van der Waals surface area contributed by atoms with Crippen molar-refractivity contribution < 1.29 is 0 Å². The van der Waals surface area contributed by atoms with Gasteiger partial charge in [0.1, 0.15) is 12.3 Å². The highest BCUT2D eigenvalue weighted by atomic mass is 15.3. The number of fused-ring (bicyclic) bond motifs is 12. The van der Waals surface area contributed by atoms with Gasteiger partial charge in [-0.3, -0.25) is 5.32 Å². The van der Waals surface area contributed by atoms with Gasteiger partial charge in [-0.05, 0) is 129 Å². The fourth-order valence-corrected chi connectivity index (χ4v) is 10.2. The summed E-state index contributed by atoms with van der Waals surface area (Å²) >= 11 is 0. The van der Waals surface area contributed by atoms with Crippen LogP contribution in [0.1, 0.15) is 41.3 Å². The highest BCUT2D eigenvalue weighted by molar-refractivity contribution is 6.13. The molecule has 3 unspecified atom stereocenters. The zero-order valence-corrected chi connectivity index (χ0v) is 31.0. The van der Waals surface area contributed by atoms with Crippen LogP contribution in [0.15, 0.2) is 176 Å². The molecular formula is C52H40N4. The lowest BCUT2D eigenvalue weighted by Crippen LogP contribution is -2.47. The number of aromatic nitrogens is 1. The highest BCUT2D eigenvalue weighted by Crippen LogP contribution is 2.49. The normalized spacial score (nSPS) is 20.0. The van der Waals surface area contributed by atoms with Crippen LogP contribution < -0.4 is 15.5 Å². The fourth-order valence-electron chi connectivity index (χ4n) is 10.2. The molecule has 0 saturated heterocycles. The Bertz CT molecular complexity index is 3030. The maximum atomic E-state index is 4.03. The SMILES string of the molecule is C1=CC(n2c3ccccc3c3cc(C4=CCC5C(=C4)c4ccccc4N5c4ccccc4)ccc32)NC(C2=Cc3c(c4ccccc4c4ccccc34)CC2)N1. The lowest BCUT2D eigenvalue weighted by atomic mass is 9.83. The number of anilines is 2. The fraction of sp³-hybridized carbons (Fsp3) is 0.115. The van der Waals surface area contributed by atoms with Gasteiger partial charge < -0.3 is 14.8 Å². The van der Waals surface area contributed by atoms with Crippen molar-refractivity contribution in [2.75, 3.05) is 4.90 Å². The summed E-state index contributed by atoms with van der Waals surface area (Å²) in [5.74, 6) is 0. The molecule has 4 nitrogen and oxygen atoms in total. The Morgan fingerprint density at radius 2 is 1.30 bits per heavy atom. The second kappa shape index (κ2) is 12.5. The summed E-state index contributed by atoms with van der Waals surface area (Å²) in [5, 5.41) is 15.7. The average Bonchev–Trinajstić information content (AvgIpc) is 3.79. The van der Waals surface area contributed by atoms with Gasteiger partial charge in [0.25, 0.3) is 0 Å². The maximum absolute atomic E-state index is 4.03. The van der Waals surface area contributed by atoms with Crippen LogP contribution in [0.25, 0.3) is 60.6 Å². The van der Waals surface area contributed by atoms with Crippen molar-refractivity contribution in [2.24, 2.45) is 0 Å². The molecule has 12 rings (SSSR count). The third-order valence-corrected chi connectivity index (χ3v) is 12.7. The van der Waals surface area contributed by atoms with Crippen molar-refractivity contribution in [1.29, 1.82) is 0 Å². The van der Waals surface area contributed by atoms with Crippen LogP contribution in [-0.2, 0) is 6.42 Å². The number of hydrogen-bond donors (Lipinski definition) is 2. The minimum atomic E-state index is -0.0131. The largest absolute Gasteiger partial charge is 0.372 e. The average molecular weight is 721 g/mol. The van der Waals surface area contributed by atoms with Gasteiger partial charge in [0.05, 0.1) is 17.1 Å². The van der Waals surface area contributed by atoms with E-state index >= 15 is 0 Å². The van der Waals surface area contributed by atoms with Crippen LogP contribution in [0, 0.1) is 0 Å². The minimum Gasteiger partial charge on any atom is -0.372 e. The van der Waals surface area contributed by atoms with Crippen LogP contribution in [0.5, 0.6) is 0 Å². The Kier molecular flexibility index (Phi) is 7.05. The summed E-state index contributed by atoms with van der Waals surface area (Å²) in [7, 11) is 0. The van der Waals surface area contributed by atoms with Crippen LogP contribution in [0.3, 0.4) is 0 Å². The van der Waals surface area contributed by atoms with E-state index < -0.39 is 0 Å². The Hall–Kier alpha value is -6.62. The molecule has 4 heteroatoms. The smallest absolute Gasteiger partial charge is 0.107 e. The van der Waals surface area contributed by atoms with Gasteiger partial charge in [-0.25, -0.2) is 0 Å². The third-order valence-electron chi connectivity index (χ3n) is 12.7. The van der Waals surface area contributed by atoms with Gasteiger partial charge in [-0.1, -0.05) is 121 Å². The summed E-state index contributed by atoms with van der Waals surface area (Å²) < 4.78 is 2.49. The van der Waals surface area contributed by atoms with Crippen LogP contribution in [0.4, 0.5) is 11.4 Å². The number of aryl methyl sites for hydroxylation is 1. The van der Waals surface area contributed by atoms with Gasteiger partial charge in [0.15, 0.2) is 0 Å². The molecule has 0 bridgehead atoms. The van der Waals surface area contributed by atoms with E-state index in [9.17, 15) is 0 Å². The molecule has 0 radical (unpaired) electrons. The predicted octanol–water partition coefficient (Wildman–Crippen LogP) is 12.1. The Morgan fingerprint density at radius 3 is 2.18 bits per heavy atom. The standard InChI is InChI=1S/C52H40N4/c1-2-12-36(13-3-1)55-47-20-10-8-18-42(47)45-30-33(23-26-49(45)55)34-24-27-50-46(31-34)43-19-9-11-21-48(43)56(50)51-28-29-53-52(54-51)35-22-25-41-39-16-5-4-14-37(39)38-15-6-7-17-40(38)44(41)32-35/h1-21,23-24,27-32,49,51-54H,22,25-26H2. The molecule has 2 N–H and O–H groups in total. The summed E-state index contributed by atoms with van der Waals surface area (Å²) in [6.45, 7) is 0. The molecule has 56 heavy (non-hydrogen) atoms. The molecular weight excluding hydrogens is 681 g/mol. The summed E-state index contributed by atoms with van der Waals surface area (Å²) in [6.07, 6.45) is 14.8. The number of nitrogens with zero attached hydrogens (tertiary/aromatic N) is 2. The van der Waals surface area contributed by atoms with Crippen molar-refractivity contribution in [3.63, 3.8) is 0 Å². The minimum absolute atomic E-state index is 0.0131. The maximum Gasteiger partial charge on any atom is 0.107 e. The van der Waals surface area contributed by atoms with Gasteiger partial charge in [0, 0.05) is 27.7 Å². The number of allylic oxidation sites excluding steroid dienone is 2. The molecule has 3 heterocycles. The van der Waals surface area contributed by atoms with Gasteiger partial charge in [0.2, 0.25) is 0 Å². The van der Waals surface area contributed by atoms with E-state index in [0.717, 1.165) is 19.3 Å². The summed E-state index contributed by atoms with van der Waals surface area (Å²) in [5.41, 5.74) is 14.5.